The molecule has 2 bridgehead atoms. The zero-order valence-electron chi connectivity index (χ0n) is 15.8. The van der Waals surface area contributed by atoms with Crippen LogP contribution < -0.4 is 0 Å². The summed E-state index contributed by atoms with van der Waals surface area (Å²) in [5.41, 5.74) is 1.04. The van der Waals surface area contributed by atoms with Crippen molar-refractivity contribution in [1.82, 2.24) is 14.8 Å². The van der Waals surface area contributed by atoms with Crippen molar-refractivity contribution >= 4 is 40.5 Å². The lowest BCUT2D eigenvalue weighted by molar-refractivity contribution is -0.137. The molecule has 30 heavy (non-hydrogen) atoms. The second-order valence-corrected chi connectivity index (χ2v) is 8.47. The number of amidine groups is 2. The van der Waals surface area contributed by atoms with Crippen molar-refractivity contribution in [3.63, 3.8) is 0 Å². The molecule has 2 N–H and O–H groups in total. The number of likely N-dealkylation sites (tertiary alicyclic amines) is 1. The Morgan fingerprint density at radius 2 is 2.07 bits per heavy atom. The fraction of sp³-hybridized carbons (Fsp3) is 0.368. The molecule has 11 heteroatoms. The van der Waals surface area contributed by atoms with E-state index in [2.05, 4.69) is 4.98 Å². The lowest BCUT2D eigenvalue weighted by Gasteiger charge is -2.42. The quantitative estimate of drug-likeness (QED) is 0.519. The molecule has 2 aliphatic heterocycles. The molecule has 158 valence electrons. The normalized spacial score (nSPS) is 21.3. The standard InChI is InChI=1S/C19H17ClF3N5OS/c1-9-15(30-8-26-9)17(25)27-7-10-5-6-13(16(27)24)28(10)18(29)11-3-2-4-12(14(11)20)19(21,22)23/h2-4,8,10,13,24-25H,5-7H2,1H3. The Bertz CT molecular complexity index is 1050. The number of thiazole rings is 1. The molecule has 4 rings (SSSR count). The van der Waals surface area contributed by atoms with Crippen LogP contribution >= 0.6 is 22.9 Å². The number of fused-ring (bicyclic) bond motifs is 2. The molecule has 1 aromatic carbocycles. The van der Waals surface area contributed by atoms with Gasteiger partial charge in [-0.15, -0.1) is 11.3 Å². The van der Waals surface area contributed by atoms with E-state index >= 15 is 0 Å². The number of aryl methyl sites for hydroxylation is 1. The van der Waals surface area contributed by atoms with Crippen molar-refractivity contribution in [1.29, 1.82) is 10.8 Å². The van der Waals surface area contributed by atoms with Gasteiger partial charge in [-0.1, -0.05) is 17.7 Å². The second-order valence-electron chi connectivity index (χ2n) is 7.24. The monoisotopic (exact) mass is 455 g/mol. The maximum absolute atomic E-state index is 13.2. The van der Waals surface area contributed by atoms with Gasteiger partial charge >= 0.3 is 6.18 Å². The average Bonchev–Trinajstić information content (AvgIpc) is 3.26. The molecule has 0 aliphatic carbocycles. The third-order valence-corrected chi connectivity index (χ3v) is 6.84. The Kier molecular flexibility index (Phi) is 5.09. The van der Waals surface area contributed by atoms with E-state index in [-0.39, 0.29) is 29.8 Å². The van der Waals surface area contributed by atoms with Gasteiger partial charge in [0, 0.05) is 6.54 Å². The first-order chi connectivity index (χ1) is 14.1. The summed E-state index contributed by atoms with van der Waals surface area (Å²) in [7, 11) is 0. The van der Waals surface area contributed by atoms with Crippen molar-refractivity contribution < 1.29 is 18.0 Å². The van der Waals surface area contributed by atoms with Crippen molar-refractivity contribution in [3.8, 4) is 0 Å². The summed E-state index contributed by atoms with van der Waals surface area (Å²) >= 11 is 7.26. The van der Waals surface area contributed by atoms with Gasteiger partial charge in [0.25, 0.3) is 5.91 Å². The van der Waals surface area contributed by atoms with Crippen LogP contribution in [0.1, 0.15) is 39.3 Å². The van der Waals surface area contributed by atoms with Gasteiger partial charge in [0.15, 0.2) is 0 Å². The number of benzene rings is 1. The van der Waals surface area contributed by atoms with Crippen LogP contribution in [-0.4, -0.2) is 51.0 Å². The number of halogens is 4. The van der Waals surface area contributed by atoms with Crippen LogP contribution in [0.25, 0.3) is 0 Å². The molecule has 2 atom stereocenters. The summed E-state index contributed by atoms with van der Waals surface area (Å²) in [6.07, 6.45) is -3.56. The molecule has 6 nitrogen and oxygen atoms in total. The van der Waals surface area contributed by atoms with Crippen LogP contribution in [0.15, 0.2) is 23.7 Å². The number of hydrogen-bond donors (Lipinski definition) is 2. The van der Waals surface area contributed by atoms with Crippen molar-refractivity contribution in [2.75, 3.05) is 6.54 Å². The Balaban J connectivity index is 1.63. The van der Waals surface area contributed by atoms with Crippen molar-refractivity contribution in [2.24, 2.45) is 0 Å². The molecule has 0 radical (unpaired) electrons. The van der Waals surface area contributed by atoms with E-state index in [1.54, 1.807) is 17.3 Å². The molecule has 0 spiro atoms. The summed E-state index contributed by atoms with van der Waals surface area (Å²) in [5, 5.41) is 16.4. The number of piperazine rings is 1. The first kappa shape index (κ1) is 20.8. The Labute approximate surface area is 179 Å². The van der Waals surface area contributed by atoms with E-state index in [4.69, 9.17) is 22.4 Å². The van der Waals surface area contributed by atoms with Gasteiger partial charge in [0.1, 0.15) is 11.7 Å². The van der Waals surface area contributed by atoms with Gasteiger partial charge in [0.2, 0.25) is 0 Å². The minimum absolute atomic E-state index is 0.0815. The van der Waals surface area contributed by atoms with Crippen LogP contribution in [0.5, 0.6) is 0 Å². The predicted molar refractivity (Wildman–Crippen MR) is 108 cm³/mol. The summed E-state index contributed by atoms with van der Waals surface area (Å²) < 4.78 is 39.6. The highest BCUT2D eigenvalue weighted by molar-refractivity contribution is 7.12. The highest BCUT2D eigenvalue weighted by Gasteiger charge is 2.48. The molecular weight excluding hydrogens is 439 g/mol. The topological polar surface area (TPSA) is 84.1 Å². The van der Waals surface area contributed by atoms with Gasteiger partial charge < -0.3 is 9.80 Å². The van der Waals surface area contributed by atoms with Crippen LogP contribution in [0.2, 0.25) is 5.02 Å². The maximum atomic E-state index is 13.2. The molecule has 2 saturated heterocycles. The minimum atomic E-state index is -4.67. The van der Waals surface area contributed by atoms with E-state index in [9.17, 15) is 18.0 Å². The number of aromatic nitrogens is 1. The number of carbonyl (C=O) groups is 1. The van der Waals surface area contributed by atoms with E-state index in [1.165, 1.54) is 22.3 Å². The molecule has 2 unspecified atom stereocenters. The van der Waals surface area contributed by atoms with Crippen LogP contribution in [0.3, 0.4) is 0 Å². The van der Waals surface area contributed by atoms with Crippen molar-refractivity contribution in [2.45, 2.75) is 38.0 Å². The first-order valence-corrected chi connectivity index (χ1v) is 10.4. The van der Waals surface area contributed by atoms with Crippen LogP contribution in [0, 0.1) is 17.7 Å². The number of rotatable bonds is 2. The fourth-order valence-electron chi connectivity index (χ4n) is 4.05. The highest BCUT2D eigenvalue weighted by atomic mass is 35.5. The minimum Gasteiger partial charge on any atom is -0.324 e. The number of hydrogen-bond acceptors (Lipinski definition) is 5. The molecule has 1 aromatic heterocycles. The molecule has 0 saturated carbocycles. The maximum Gasteiger partial charge on any atom is 0.417 e. The number of carbonyl (C=O) groups excluding carboxylic acids is 1. The van der Waals surface area contributed by atoms with Crippen LogP contribution in [0.4, 0.5) is 13.2 Å². The Morgan fingerprint density at radius 1 is 1.33 bits per heavy atom. The largest absolute Gasteiger partial charge is 0.417 e. The molecule has 2 aromatic rings. The second kappa shape index (κ2) is 7.35. The summed E-state index contributed by atoms with van der Waals surface area (Å²) in [6, 6.07) is 2.34. The molecule has 2 aliphatic rings. The van der Waals surface area contributed by atoms with Gasteiger partial charge in [-0.25, -0.2) is 4.98 Å². The SMILES string of the molecule is Cc1ncsc1C(=N)N1CC2CCC(C1=N)N2C(=O)c1cccc(C(F)(F)F)c1Cl. The molecule has 3 heterocycles. The predicted octanol–water partition coefficient (Wildman–Crippen LogP) is 4.42. The van der Waals surface area contributed by atoms with E-state index in [0.29, 0.717) is 23.4 Å². The molecular formula is C19H17ClF3N5OS. The van der Waals surface area contributed by atoms with Gasteiger partial charge in [0.05, 0.1) is 44.3 Å². The highest BCUT2D eigenvalue weighted by Crippen LogP contribution is 2.39. The van der Waals surface area contributed by atoms with E-state index in [0.717, 1.165) is 12.1 Å². The fourth-order valence-corrected chi connectivity index (χ4v) is 5.12. The smallest absolute Gasteiger partial charge is 0.324 e. The Hall–Kier alpha value is -2.46. The summed E-state index contributed by atoms with van der Waals surface area (Å²) in [6.45, 7) is 2.02. The molecule has 1 amide bonds. The Morgan fingerprint density at radius 3 is 2.70 bits per heavy atom. The lowest BCUT2D eigenvalue weighted by Crippen LogP contribution is -2.60. The van der Waals surface area contributed by atoms with E-state index < -0.39 is 28.7 Å². The van der Waals surface area contributed by atoms with Gasteiger partial charge in [-0.2, -0.15) is 13.2 Å². The number of amides is 1. The zero-order valence-corrected chi connectivity index (χ0v) is 17.3. The zero-order chi connectivity index (χ0) is 21.8. The third kappa shape index (κ3) is 3.27. The average molecular weight is 456 g/mol. The first-order valence-electron chi connectivity index (χ1n) is 9.14. The molecule has 2 fully saturated rings. The number of nitrogens with one attached hydrogen (secondary N) is 2. The number of nitrogens with zero attached hydrogens (tertiary/aromatic N) is 3. The van der Waals surface area contributed by atoms with Crippen molar-refractivity contribution in [3.05, 3.63) is 50.4 Å². The van der Waals surface area contributed by atoms with Gasteiger partial charge in [-0.05, 0) is 31.9 Å². The summed E-state index contributed by atoms with van der Waals surface area (Å²) in [5.74, 6) is -0.386. The van der Waals surface area contributed by atoms with Gasteiger partial charge in [-0.3, -0.25) is 15.6 Å². The lowest BCUT2D eigenvalue weighted by atomic mass is 10.1. The third-order valence-electron chi connectivity index (χ3n) is 5.50. The van der Waals surface area contributed by atoms with Crippen LogP contribution in [-0.2, 0) is 6.18 Å². The number of alkyl halides is 3. The van der Waals surface area contributed by atoms with E-state index in [1.807, 2.05) is 0 Å². The summed E-state index contributed by atoms with van der Waals surface area (Å²) in [4.78, 5) is 21.0.